The van der Waals surface area contributed by atoms with Crippen LogP contribution in [0.15, 0.2) is 24.4 Å². The lowest BCUT2D eigenvalue weighted by Crippen LogP contribution is -2.35. The first-order valence-corrected chi connectivity index (χ1v) is 10.0. The largest absolute Gasteiger partial charge is 0.491 e. The highest BCUT2D eigenvalue weighted by Crippen LogP contribution is 2.37. The quantitative estimate of drug-likeness (QED) is 0.773. The van der Waals surface area contributed by atoms with Crippen molar-refractivity contribution in [3.63, 3.8) is 0 Å². The Labute approximate surface area is 162 Å². The lowest BCUT2D eigenvalue weighted by atomic mass is 10.1. The molecule has 0 radical (unpaired) electrons. The zero-order chi connectivity index (χ0) is 19.8. The number of rotatable bonds is 5. The van der Waals surface area contributed by atoms with Crippen LogP contribution in [0.1, 0.15) is 6.42 Å². The van der Waals surface area contributed by atoms with Gasteiger partial charge in [0.05, 0.1) is 18.7 Å². The Morgan fingerprint density at radius 1 is 1.46 bits per heavy atom. The molecule has 1 saturated heterocycles. The maximum absolute atomic E-state index is 13.3. The number of anilines is 2. The van der Waals surface area contributed by atoms with E-state index in [4.69, 9.17) is 10.5 Å². The molecule has 4 rings (SSSR count). The van der Waals surface area contributed by atoms with Gasteiger partial charge < -0.3 is 20.4 Å². The van der Waals surface area contributed by atoms with Crippen LogP contribution < -0.4 is 20.1 Å². The van der Waals surface area contributed by atoms with E-state index in [0.717, 1.165) is 0 Å². The van der Waals surface area contributed by atoms with Crippen molar-refractivity contribution in [3.05, 3.63) is 24.4 Å². The van der Waals surface area contributed by atoms with Gasteiger partial charge in [0.2, 0.25) is 5.91 Å². The molecule has 0 saturated carbocycles. The van der Waals surface area contributed by atoms with Crippen LogP contribution >= 0.6 is 0 Å². The number of amides is 1. The summed E-state index contributed by atoms with van der Waals surface area (Å²) in [5.41, 5.74) is 6.49. The second-order valence-electron chi connectivity index (χ2n) is 6.54. The summed E-state index contributed by atoms with van der Waals surface area (Å²) in [5.74, 6) is 1.11. The molecule has 2 aliphatic rings. The number of halogens is 2. The normalized spacial score (nSPS) is 21.0. The van der Waals surface area contributed by atoms with Crippen molar-refractivity contribution in [2.45, 2.75) is 25.4 Å². The minimum absolute atomic E-state index is 0.00659. The molecule has 8 nitrogen and oxygen atoms in total. The van der Waals surface area contributed by atoms with Crippen molar-refractivity contribution >= 4 is 28.4 Å². The number of imidazole rings is 1. The zero-order valence-electron chi connectivity index (χ0n) is 14.8. The molecule has 3 heterocycles. The summed E-state index contributed by atoms with van der Waals surface area (Å²) in [5, 5.41) is 2.90. The van der Waals surface area contributed by atoms with E-state index in [9.17, 15) is 17.8 Å². The predicted octanol–water partition coefficient (Wildman–Crippen LogP) is 1.35. The number of fused-ring (bicyclic) bond motifs is 3. The van der Waals surface area contributed by atoms with Gasteiger partial charge >= 0.3 is 0 Å². The lowest BCUT2D eigenvalue weighted by molar-refractivity contribution is -0.116. The van der Waals surface area contributed by atoms with Gasteiger partial charge in [-0.05, 0) is 18.6 Å². The summed E-state index contributed by atoms with van der Waals surface area (Å²) in [6.45, 7) is 0.824. The predicted molar refractivity (Wildman–Crippen MR) is 101 cm³/mol. The number of aromatic nitrogens is 2. The SMILES string of the molecule is NC(=O)CNc1ccc2c(c1)OCCn1cc(N3C(C(F)F)CCS3=O)nc1-2. The lowest BCUT2D eigenvalue weighted by Gasteiger charge is -2.21. The van der Waals surface area contributed by atoms with E-state index in [1.807, 2.05) is 4.57 Å². The number of hydrogen-bond acceptors (Lipinski definition) is 5. The number of nitrogens with two attached hydrogens (primary N) is 1. The van der Waals surface area contributed by atoms with E-state index in [1.54, 1.807) is 24.4 Å². The molecular formula is C17H19F2N5O3S. The monoisotopic (exact) mass is 411 g/mol. The number of ether oxygens (including phenoxy) is 1. The molecular weight excluding hydrogens is 392 g/mol. The molecule has 0 aliphatic carbocycles. The fourth-order valence-corrected chi connectivity index (χ4v) is 4.80. The third-order valence-electron chi connectivity index (χ3n) is 4.67. The number of benzene rings is 1. The maximum atomic E-state index is 13.3. The van der Waals surface area contributed by atoms with E-state index in [0.29, 0.717) is 36.0 Å². The molecule has 1 aromatic carbocycles. The number of carbonyl (C=O) groups is 1. The maximum Gasteiger partial charge on any atom is 0.259 e. The van der Waals surface area contributed by atoms with Crippen molar-refractivity contribution in [2.24, 2.45) is 5.73 Å². The Morgan fingerprint density at radius 3 is 3.04 bits per heavy atom. The second-order valence-corrected chi connectivity index (χ2v) is 7.98. The summed E-state index contributed by atoms with van der Waals surface area (Å²) in [6, 6.07) is 4.16. The van der Waals surface area contributed by atoms with Gasteiger partial charge in [-0.15, -0.1) is 0 Å². The van der Waals surface area contributed by atoms with Gasteiger partial charge in [0.15, 0.2) is 5.82 Å². The second kappa shape index (κ2) is 7.38. The van der Waals surface area contributed by atoms with Gasteiger partial charge in [0.1, 0.15) is 35.2 Å². The molecule has 0 bridgehead atoms. The van der Waals surface area contributed by atoms with Crippen molar-refractivity contribution in [2.75, 3.05) is 28.5 Å². The third kappa shape index (κ3) is 3.41. The summed E-state index contributed by atoms with van der Waals surface area (Å²) in [7, 11) is -1.52. The molecule has 1 aromatic heterocycles. The highest BCUT2D eigenvalue weighted by Gasteiger charge is 2.39. The number of nitrogens with zero attached hydrogens (tertiary/aromatic N) is 3. The van der Waals surface area contributed by atoms with E-state index >= 15 is 0 Å². The Hall–Kier alpha value is -2.69. The van der Waals surface area contributed by atoms with Crippen LogP contribution in [0.4, 0.5) is 20.3 Å². The molecule has 3 N–H and O–H groups in total. The van der Waals surface area contributed by atoms with Crippen LogP contribution in [0.2, 0.25) is 0 Å². The molecule has 2 aliphatic heterocycles. The summed E-state index contributed by atoms with van der Waals surface area (Å²) < 4.78 is 47.8. The van der Waals surface area contributed by atoms with Gasteiger partial charge in [-0.2, -0.15) is 0 Å². The fraction of sp³-hybridized carbons (Fsp3) is 0.412. The van der Waals surface area contributed by atoms with Gasteiger partial charge in [-0.1, -0.05) is 0 Å². The molecule has 0 spiro atoms. The third-order valence-corrected chi connectivity index (χ3v) is 6.15. The van der Waals surface area contributed by atoms with Crippen LogP contribution in [0.5, 0.6) is 5.75 Å². The summed E-state index contributed by atoms with van der Waals surface area (Å²) >= 11 is 0. The summed E-state index contributed by atoms with van der Waals surface area (Å²) in [4.78, 5) is 15.5. The number of hydrogen-bond donors (Lipinski definition) is 2. The molecule has 150 valence electrons. The van der Waals surface area contributed by atoms with Crippen LogP contribution in [0.25, 0.3) is 11.4 Å². The van der Waals surface area contributed by atoms with Crippen molar-refractivity contribution in [1.82, 2.24) is 9.55 Å². The van der Waals surface area contributed by atoms with Gasteiger partial charge in [0, 0.05) is 23.7 Å². The Kier molecular flexibility index (Phi) is 4.92. The Morgan fingerprint density at radius 2 is 2.29 bits per heavy atom. The van der Waals surface area contributed by atoms with E-state index in [1.165, 1.54) is 4.31 Å². The number of carbonyl (C=O) groups excluding carboxylic acids is 1. The van der Waals surface area contributed by atoms with Crippen molar-refractivity contribution < 1.29 is 22.5 Å². The molecule has 2 unspecified atom stereocenters. The van der Waals surface area contributed by atoms with Crippen LogP contribution in [-0.2, 0) is 22.3 Å². The summed E-state index contributed by atoms with van der Waals surface area (Å²) in [6.07, 6.45) is -0.783. The number of alkyl halides is 2. The van der Waals surface area contributed by atoms with Crippen LogP contribution in [0.3, 0.4) is 0 Å². The van der Waals surface area contributed by atoms with E-state index in [2.05, 4.69) is 10.3 Å². The first-order valence-electron chi connectivity index (χ1n) is 8.76. The first kappa shape index (κ1) is 18.7. The molecule has 2 atom stereocenters. The molecule has 2 aromatic rings. The minimum atomic E-state index is -2.59. The van der Waals surface area contributed by atoms with Gasteiger partial charge in [0.25, 0.3) is 6.43 Å². The highest BCUT2D eigenvalue weighted by molar-refractivity contribution is 7.86. The molecule has 1 amide bonds. The first-order chi connectivity index (χ1) is 13.4. The van der Waals surface area contributed by atoms with Gasteiger partial charge in [-0.25, -0.2) is 18.0 Å². The average Bonchev–Trinajstić information content (AvgIpc) is 3.19. The zero-order valence-corrected chi connectivity index (χ0v) is 15.6. The fourth-order valence-electron chi connectivity index (χ4n) is 3.36. The molecule has 1 fully saturated rings. The molecule has 11 heteroatoms. The van der Waals surface area contributed by atoms with Gasteiger partial charge in [-0.3, -0.25) is 9.10 Å². The van der Waals surface area contributed by atoms with Crippen molar-refractivity contribution in [3.8, 4) is 17.1 Å². The number of nitrogens with one attached hydrogen (secondary N) is 1. The Balaban J connectivity index is 1.68. The van der Waals surface area contributed by atoms with Crippen LogP contribution in [0, 0.1) is 0 Å². The highest BCUT2D eigenvalue weighted by atomic mass is 32.2. The Bertz CT molecular complexity index is 936. The van der Waals surface area contributed by atoms with Crippen molar-refractivity contribution in [1.29, 1.82) is 0 Å². The average molecular weight is 411 g/mol. The molecule has 28 heavy (non-hydrogen) atoms. The standard InChI is InChI=1S/C17H19F2N5O3S/c18-16(19)12-3-6-28(26)24(12)15-9-23-4-5-27-13-7-10(21-8-14(20)25)1-2-11(13)17(23)22-15/h1-2,7,9,12,16,21H,3-6,8H2,(H2,20,25). The van der Waals surface area contributed by atoms with E-state index in [-0.39, 0.29) is 24.5 Å². The minimum Gasteiger partial charge on any atom is -0.491 e. The smallest absolute Gasteiger partial charge is 0.259 e. The van der Waals surface area contributed by atoms with E-state index < -0.39 is 29.4 Å². The van der Waals surface area contributed by atoms with Crippen LogP contribution in [-0.4, -0.2) is 51.0 Å². The number of primary amides is 1. The topological polar surface area (TPSA) is 102 Å².